The van der Waals surface area contributed by atoms with Crippen molar-refractivity contribution < 1.29 is 9.90 Å². The van der Waals surface area contributed by atoms with Gasteiger partial charge >= 0.3 is 5.97 Å². The summed E-state index contributed by atoms with van der Waals surface area (Å²) < 4.78 is 0. The number of carboxylic acid groups (broad SMARTS) is 1. The number of hydrogen-bond acceptors (Lipinski definition) is 3. The maximum atomic E-state index is 10.5. The van der Waals surface area contributed by atoms with Gasteiger partial charge in [-0.15, -0.1) is 0 Å². The molecule has 0 aromatic heterocycles. The van der Waals surface area contributed by atoms with Gasteiger partial charge in [-0.25, -0.2) is 0 Å². The number of piperidine rings is 1. The monoisotopic (exact) mass is 214 g/mol. The molecule has 0 aliphatic carbocycles. The molecule has 1 saturated heterocycles. The van der Waals surface area contributed by atoms with Gasteiger partial charge in [-0.1, -0.05) is 12.8 Å². The summed E-state index contributed by atoms with van der Waals surface area (Å²) in [6.07, 6.45) is 5.19. The Morgan fingerprint density at radius 1 is 1.53 bits per heavy atom. The molecule has 1 atom stereocenters. The number of carbonyl (C=O) groups is 1. The largest absolute Gasteiger partial charge is 0.480 e. The second kappa shape index (κ2) is 6.08. The van der Waals surface area contributed by atoms with Gasteiger partial charge in [0, 0.05) is 0 Å². The van der Waals surface area contributed by atoms with Crippen LogP contribution in [0.15, 0.2) is 0 Å². The van der Waals surface area contributed by atoms with E-state index in [9.17, 15) is 4.79 Å². The van der Waals surface area contributed by atoms with E-state index in [2.05, 4.69) is 11.9 Å². The van der Waals surface area contributed by atoms with Crippen molar-refractivity contribution in [3.8, 4) is 0 Å². The number of aliphatic carboxylic acids is 1. The van der Waals surface area contributed by atoms with Crippen molar-refractivity contribution in [2.75, 3.05) is 20.1 Å². The van der Waals surface area contributed by atoms with Crippen LogP contribution in [0.1, 0.15) is 32.1 Å². The highest BCUT2D eigenvalue weighted by molar-refractivity contribution is 5.72. The fraction of sp³-hybridized carbons (Fsp3) is 0.909. The quantitative estimate of drug-likeness (QED) is 0.714. The van der Waals surface area contributed by atoms with Crippen LogP contribution in [0.2, 0.25) is 0 Å². The van der Waals surface area contributed by atoms with Gasteiger partial charge in [0.1, 0.15) is 6.04 Å². The molecule has 0 aromatic carbocycles. The molecule has 4 nitrogen and oxygen atoms in total. The van der Waals surface area contributed by atoms with Gasteiger partial charge in [0.25, 0.3) is 0 Å². The topological polar surface area (TPSA) is 66.6 Å². The molecule has 1 fully saturated rings. The van der Waals surface area contributed by atoms with Crippen LogP contribution in [0.4, 0.5) is 0 Å². The number of nitrogens with zero attached hydrogens (tertiary/aromatic N) is 1. The van der Waals surface area contributed by atoms with Gasteiger partial charge in [-0.05, 0) is 45.3 Å². The molecule has 4 heteroatoms. The fourth-order valence-electron chi connectivity index (χ4n) is 2.10. The highest BCUT2D eigenvalue weighted by atomic mass is 16.4. The summed E-state index contributed by atoms with van der Waals surface area (Å²) >= 11 is 0. The average molecular weight is 214 g/mol. The van der Waals surface area contributed by atoms with E-state index in [4.69, 9.17) is 10.8 Å². The van der Waals surface area contributed by atoms with Crippen LogP contribution in [0.5, 0.6) is 0 Å². The van der Waals surface area contributed by atoms with E-state index in [0.29, 0.717) is 6.42 Å². The Balaban J connectivity index is 2.07. The summed E-state index contributed by atoms with van der Waals surface area (Å²) in [4.78, 5) is 12.8. The van der Waals surface area contributed by atoms with E-state index >= 15 is 0 Å². The summed E-state index contributed by atoms with van der Waals surface area (Å²) in [7, 11) is 2.15. The molecule has 1 rings (SSSR count). The van der Waals surface area contributed by atoms with E-state index < -0.39 is 12.0 Å². The lowest BCUT2D eigenvalue weighted by Gasteiger charge is -2.28. The third-order valence-corrected chi connectivity index (χ3v) is 3.28. The minimum absolute atomic E-state index is 0.613. The van der Waals surface area contributed by atoms with E-state index in [1.807, 2.05) is 0 Å². The van der Waals surface area contributed by atoms with Crippen LogP contribution in [0.3, 0.4) is 0 Å². The summed E-state index contributed by atoms with van der Waals surface area (Å²) in [5.41, 5.74) is 5.45. The molecule has 0 bridgehead atoms. The van der Waals surface area contributed by atoms with Crippen molar-refractivity contribution in [3.05, 3.63) is 0 Å². The van der Waals surface area contributed by atoms with Crippen LogP contribution >= 0.6 is 0 Å². The second-order valence-corrected chi connectivity index (χ2v) is 4.62. The second-order valence-electron chi connectivity index (χ2n) is 4.62. The maximum Gasteiger partial charge on any atom is 0.320 e. The number of hydrogen-bond donors (Lipinski definition) is 2. The number of nitrogens with two attached hydrogens (primary N) is 1. The Morgan fingerprint density at radius 3 is 2.67 bits per heavy atom. The van der Waals surface area contributed by atoms with Gasteiger partial charge < -0.3 is 15.7 Å². The maximum absolute atomic E-state index is 10.5. The first-order valence-corrected chi connectivity index (χ1v) is 5.76. The zero-order valence-electron chi connectivity index (χ0n) is 9.48. The van der Waals surface area contributed by atoms with Crippen molar-refractivity contribution in [3.63, 3.8) is 0 Å². The van der Waals surface area contributed by atoms with E-state index in [0.717, 1.165) is 18.8 Å². The van der Waals surface area contributed by atoms with Crippen molar-refractivity contribution in [1.82, 2.24) is 4.90 Å². The molecule has 15 heavy (non-hydrogen) atoms. The van der Waals surface area contributed by atoms with Crippen molar-refractivity contribution >= 4 is 5.97 Å². The fourth-order valence-corrected chi connectivity index (χ4v) is 2.10. The van der Waals surface area contributed by atoms with Crippen molar-refractivity contribution in [2.45, 2.75) is 38.1 Å². The van der Waals surface area contributed by atoms with Crippen LogP contribution in [-0.2, 0) is 4.79 Å². The molecular weight excluding hydrogens is 192 g/mol. The first-order valence-electron chi connectivity index (χ1n) is 5.76. The first kappa shape index (κ1) is 12.5. The highest BCUT2D eigenvalue weighted by Gasteiger charge is 2.17. The zero-order chi connectivity index (χ0) is 11.3. The van der Waals surface area contributed by atoms with E-state index in [1.54, 1.807) is 0 Å². The molecule has 3 N–H and O–H groups in total. The summed E-state index contributed by atoms with van der Waals surface area (Å²) in [6.45, 7) is 2.35. The molecule has 1 aliphatic rings. The van der Waals surface area contributed by atoms with E-state index in [1.165, 1.54) is 25.9 Å². The third-order valence-electron chi connectivity index (χ3n) is 3.28. The zero-order valence-corrected chi connectivity index (χ0v) is 9.48. The lowest BCUT2D eigenvalue weighted by atomic mass is 9.91. The molecule has 1 unspecified atom stereocenters. The first-order chi connectivity index (χ1) is 7.09. The van der Waals surface area contributed by atoms with Crippen LogP contribution in [-0.4, -0.2) is 42.2 Å². The molecule has 0 aromatic rings. The van der Waals surface area contributed by atoms with Gasteiger partial charge in [-0.2, -0.15) is 0 Å². The lowest BCUT2D eigenvalue weighted by molar-refractivity contribution is -0.138. The average Bonchev–Trinajstić information content (AvgIpc) is 2.20. The summed E-state index contributed by atoms with van der Waals surface area (Å²) in [6, 6.07) is -0.670. The third kappa shape index (κ3) is 4.62. The summed E-state index contributed by atoms with van der Waals surface area (Å²) in [5, 5.41) is 8.62. The van der Waals surface area contributed by atoms with E-state index in [-0.39, 0.29) is 0 Å². The van der Waals surface area contributed by atoms with Gasteiger partial charge in [0.15, 0.2) is 0 Å². The van der Waals surface area contributed by atoms with Gasteiger partial charge in [0.2, 0.25) is 0 Å². The highest BCUT2D eigenvalue weighted by Crippen LogP contribution is 2.21. The molecule has 88 valence electrons. The predicted octanol–water partition coefficient (Wildman–Crippen LogP) is 0.910. The summed E-state index contributed by atoms with van der Waals surface area (Å²) in [5.74, 6) is -0.0967. The Labute approximate surface area is 91.4 Å². The van der Waals surface area contributed by atoms with Crippen LogP contribution < -0.4 is 5.73 Å². The lowest BCUT2D eigenvalue weighted by Crippen LogP contribution is -2.31. The van der Waals surface area contributed by atoms with Crippen molar-refractivity contribution in [1.29, 1.82) is 0 Å². The minimum atomic E-state index is -0.877. The predicted molar refractivity (Wildman–Crippen MR) is 59.7 cm³/mol. The molecule has 0 saturated carbocycles. The number of rotatable bonds is 5. The van der Waals surface area contributed by atoms with Gasteiger partial charge in [-0.3, -0.25) is 4.79 Å². The molecule has 0 spiro atoms. The molecular formula is C11H22N2O2. The minimum Gasteiger partial charge on any atom is -0.480 e. The Morgan fingerprint density at radius 2 is 2.13 bits per heavy atom. The normalized spacial score (nSPS) is 21.5. The number of likely N-dealkylation sites (tertiary alicyclic amines) is 1. The van der Waals surface area contributed by atoms with Crippen LogP contribution in [0, 0.1) is 5.92 Å². The smallest absolute Gasteiger partial charge is 0.320 e. The Bertz CT molecular complexity index is 201. The Hall–Kier alpha value is -0.610. The molecule has 0 radical (unpaired) electrons. The number of carboxylic acids is 1. The Kier molecular flexibility index (Phi) is 5.05. The van der Waals surface area contributed by atoms with Gasteiger partial charge in [0.05, 0.1) is 0 Å². The molecule has 1 aliphatic heterocycles. The van der Waals surface area contributed by atoms with Crippen LogP contribution in [0.25, 0.3) is 0 Å². The standard InChI is InChI=1S/C11H22N2O2/c1-13-7-5-9(6-8-13)3-2-4-10(12)11(14)15/h9-10H,2-8,12H2,1H3,(H,14,15). The molecule has 1 heterocycles. The SMILES string of the molecule is CN1CCC(CCCC(N)C(=O)O)CC1. The van der Waals surface area contributed by atoms with Crippen molar-refractivity contribution in [2.24, 2.45) is 11.7 Å². The molecule has 0 amide bonds.